The zero-order chi connectivity index (χ0) is 17.5. The number of benzene rings is 1. The van der Waals surface area contributed by atoms with Crippen molar-refractivity contribution in [3.8, 4) is 0 Å². The molecule has 1 aromatic carbocycles. The Bertz CT molecular complexity index is 734. The number of hydrogen-bond acceptors (Lipinski definition) is 6. The van der Waals surface area contributed by atoms with E-state index >= 15 is 0 Å². The minimum Gasteiger partial charge on any atom is -0.383 e. The van der Waals surface area contributed by atoms with Crippen LogP contribution in [0.4, 0.5) is 21.5 Å². The van der Waals surface area contributed by atoms with E-state index in [0.29, 0.717) is 18.8 Å². The maximum atomic E-state index is 13.1. The molecule has 9 nitrogen and oxygen atoms in total. The number of nitro groups is 1. The van der Waals surface area contributed by atoms with Crippen LogP contribution >= 0.6 is 0 Å². The summed E-state index contributed by atoms with van der Waals surface area (Å²) in [4.78, 5) is 21.9. The normalized spacial score (nSPS) is 10.4. The van der Waals surface area contributed by atoms with Crippen LogP contribution in [0.5, 0.6) is 0 Å². The van der Waals surface area contributed by atoms with Crippen molar-refractivity contribution in [3.63, 3.8) is 0 Å². The summed E-state index contributed by atoms with van der Waals surface area (Å²) in [5.41, 5.74) is 0.181. The van der Waals surface area contributed by atoms with Crippen LogP contribution in [0.25, 0.3) is 0 Å². The minimum atomic E-state index is -0.698. The molecule has 2 aromatic rings. The lowest BCUT2D eigenvalue weighted by Crippen LogP contribution is -2.30. The number of amides is 1. The SMILES string of the molecule is COCCNC(=O)Cn1cc(Nc2ccc(F)cc2[N+](=O)[O-])cn1. The molecule has 0 atom stereocenters. The van der Waals surface area contributed by atoms with Gasteiger partial charge in [0.05, 0.1) is 29.5 Å². The van der Waals surface area contributed by atoms with Crippen molar-refractivity contribution in [2.45, 2.75) is 6.54 Å². The van der Waals surface area contributed by atoms with Crippen LogP contribution in [-0.2, 0) is 16.1 Å². The monoisotopic (exact) mass is 337 g/mol. The van der Waals surface area contributed by atoms with Gasteiger partial charge in [-0.3, -0.25) is 19.6 Å². The largest absolute Gasteiger partial charge is 0.383 e. The average molecular weight is 337 g/mol. The summed E-state index contributed by atoms with van der Waals surface area (Å²) >= 11 is 0. The number of hydrogen-bond donors (Lipinski definition) is 2. The van der Waals surface area contributed by atoms with Gasteiger partial charge in [-0.1, -0.05) is 0 Å². The molecule has 0 bridgehead atoms. The Kier molecular flexibility index (Phi) is 5.79. The minimum absolute atomic E-state index is 0.00307. The molecule has 1 aromatic heterocycles. The first-order valence-electron chi connectivity index (χ1n) is 6.98. The Morgan fingerprint density at radius 3 is 3.00 bits per heavy atom. The highest BCUT2D eigenvalue weighted by atomic mass is 19.1. The number of nitrogens with zero attached hydrogens (tertiary/aromatic N) is 3. The third kappa shape index (κ3) is 4.74. The first kappa shape index (κ1) is 17.3. The van der Waals surface area contributed by atoms with Gasteiger partial charge in [-0.05, 0) is 12.1 Å². The molecule has 128 valence electrons. The molecule has 2 N–H and O–H groups in total. The van der Waals surface area contributed by atoms with E-state index in [1.165, 1.54) is 30.3 Å². The van der Waals surface area contributed by atoms with Gasteiger partial charge < -0.3 is 15.4 Å². The Morgan fingerprint density at radius 2 is 2.29 bits per heavy atom. The molecular formula is C14H16FN5O4. The third-order valence-corrected chi connectivity index (χ3v) is 3.00. The molecule has 0 aliphatic heterocycles. The topological polar surface area (TPSA) is 111 Å². The Hall–Kier alpha value is -3.01. The molecule has 2 rings (SSSR count). The predicted octanol–water partition coefficient (Wildman–Crippen LogP) is 1.44. The molecule has 1 heterocycles. The maximum Gasteiger partial charge on any atom is 0.295 e. The number of ether oxygens (including phenoxy) is 1. The molecule has 0 saturated carbocycles. The summed E-state index contributed by atoms with van der Waals surface area (Å²) in [5.74, 6) is -0.940. The van der Waals surface area contributed by atoms with Crippen LogP contribution in [0.15, 0.2) is 30.6 Å². The van der Waals surface area contributed by atoms with Gasteiger partial charge in [0.1, 0.15) is 18.0 Å². The van der Waals surface area contributed by atoms with Crippen LogP contribution in [0, 0.1) is 15.9 Å². The van der Waals surface area contributed by atoms with Crippen LogP contribution < -0.4 is 10.6 Å². The van der Waals surface area contributed by atoms with Crippen molar-refractivity contribution in [1.29, 1.82) is 0 Å². The third-order valence-electron chi connectivity index (χ3n) is 3.00. The molecule has 0 saturated heterocycles. The lowest BCUT2D eigenvalue weighted by atomic mass is 10.2. The number of methoxy groups -OCH3 is 1. The van der Waals surface area contributed by atoms with E-state index in [2.05, 4.69) is 15.7 Å². The van der Waals surface area contributed by atoms with Gasteiger partial charge in [0.2, 0.25) is 5.91 Å². The van der Waals surface area contributed by atoms with E-state index in [4.69, 9.17) is 4.74 Å². The highest BCUT2D eigenvalue weighted by Gasteiger charge is 2.15. The van der Waals surface area contributed by atoms with E-state index < -0.39 is 10.7 Å². The average Bonchev–Trinajstić information content (AvgIpc) is 2.96. The van der Waals surface area contributed by atoms with E-state index in [9.17, 15) is 19.3 Å². The van der Waals surface area contributed by atoms with Gasteiger partial charge >= 0.3 is 0 Å². The Balaban J connectivity index is 2.01. The van der Waals surface area contributed by atoms with Crippen molar-refractivity contribution < 1.29 is 18.8 Å². The van der Waals surface area contributed by atoms with Gasteiger partial charge in [-0.2, -0.15) is 5.10 Å². The molecule has 0 radical (unpaired) electrons. The molecule has 0 fully saturated rings. The first-order valence-corrected chi connectivity index (χ1v) is 6.98. The van der Waals surface area contributed by atoms with Crippen molar-refractivity contribution in [2.75, 3.05) is 25.6 Å². The second-order valence-electron chi connectivity index (χ2n) is 4.81. The fourth-order valence-corrected chi connectivity index (χ4v) is 1.93. The van der Waals surface area contributed by atoms with Crippen LogP contribution in [0.1, 0.15) is 0 Å². The highest BCUT2D eigenvalue weighted by Crippen LogP contribution is 2.27. The fraction of sp³-hybridized carbons (Fsp3) is 0.286. The fourth-order valence-electron chi connectivity index (χ4n) is 1.93. The van der Waals surface area contributed by atoms with E-state index in [-0.39, 0.29) is 23.8 Å². The smallest absolute Gasteiger partial charge is 0.295 e. The van der Waals surface area contributed by atoms with Crippen LogP contribution in [0.3, 0.4) is 0 Å². The van der Waals surface area contributed by atoms with Crippen molar-refractivity contribution in [1.82, 2.24) is 15.1 Å². The molecule has 1 amide bonds. The predicted molar refractivity (Wildman–Crippen MR) is 83.4 cm³/mol. The summed E-state index contributed by atoms with van der Waals surface area (Å²) in [6, 6.07) is 3.21. The molecule has 0 unspecified atom stereocenters. The number of nitro benzene ring substituents is 1. The van der Waals surface area contributed by atoms with Gasteiger partial charge in [-0.25, -0.2) is 4.39 Å². The van der Waals surface area contributed by atoms with Gasteiger partial charge in [0.25, 0.3) is 5.69 Å². The van der Waals surface area contributed by atoms with Gasteiger partial charge in [0.15, 0.2) is 0 Å². The lowest BCUT2D eigenvalue weighted by molar-refractivity contribution is -0.384. The number of halogens is 1. The Morgan fingerprint density at radius 1 is 1.50 bits per heavy atom. The number of nitrogens with one attached hydrogen (secondary N) is 2. The zero-order valence-electron chi connectivity index (χ0n) is 12.9. The van der Waals surface area contributed by atoms with Gasteiger partial charge in [0, 0.05) is 19.9 Å². The number of rotatable bonds is 8. The summed E-state index contributed by atoms with van der Waals surface area (Å²) < 4.78 is 19.3. The summed E-state index contributed by atoms with van der Waals surface area (Å²) in [5, 5.41) is 20.4. The number of anilines is 2. The van der Waals surface area contributed by atoms with Crippen LogP contribution in [-0.4, -0.2) is 40.9 Å². The number of carbonyl (C=O) groups excluding carboxylic acids is 1. The van der Waals surface area contributed by atoms with Gasteiger partial charge in [-0.15, -0.1) is 0 Å². The lowest BCUT2D eigenvalue weighted by Gasteiger charge is -2.05. The first-order chi connectivity index (χ1) is 11.5. The van der Waals surface area contributed by atoms with Crippen LogP contribution in [0.2, 0.25) is 0 Å². The molecule has 0 aliphatic rings. The maximum absolute atomic E-state index is 13.1. The Labute approximate surface area is 136 Å². The second kappa shape index (κ2) is 8.02. The van der Waals surface area contributed by atoms with Crippen molar-refractivity contribution in [3.05, 3.63) is 46.5 Å². The standard InChI is InChI=1S/C14H16FN5O4/c1-24-5-4-16-14(21)9-19-8-11(7-17-19)18-12-3-2-10(15)6-13(12)20(22)23/h2-3,6-8,18H,4-5,9H2,1H3,(H,16,21). The van der Waals surface area contributed by atoms with E-state index in [1.807, 2.05) is 0 Å². The van der Waals surface area contributed by atoms with E-state index in [0.717, 1.165) is 12.1 Å². The molecular weight excluding hydrogens is 321 g/mol. The zero-order valence-corrected chi connectivity index (χ0v) is 12.9. The summed E-state index contributed by atoms with van der Waals surface area (Å²) in [6.07, 6.45) is 2.93. The molecule has 0 aliphatic carbocycles. The summed E-state index contributed by atoms with van der Waals surface area (Å²) in [7, 11) is 1.53. The number of carbonyl (C=O) groups is 1. The molecule has 24 heavy (non-hydrogen) atoms. The van der Waals surface area contributed by atoms with E-state index in [1.54, 1.807) is 0 Å². The van der Waals surface area contributed by atoms with Crippen molar-refractivity contribution >= 4 is 23.0 Å². The second-order valence-corrected chi connectivity index (χ2v) is 4.81. The molecule has 10 heteroatoms. The highest BCUT2D eigenvalue weighted by molar-refractivity contribution is 5.75. The van der Waals surface area contributed by atoms with Crippen molar-refractivity contribution in [2.24, 2.45) is 0 Å². The quantitative estimate of drug-likeness (QED) is 0.428. The number of aromatic nitrogens is 2. The summed E-state index contributed by atoms with van der Waals surface area (Å²) in [6.45, 7) is 0.798. The molecule has 0 spiro atoms.